The fraction of sp³-hybridized carbons (Fsp3) is 0.133. The van der Waals surface area contributed by atoms with Gasteiger partial charge >= 0.3 is 0 Å². The van der Waals surface area contributed by atoms with Gasteiger partial charge in [0.2, 0.25) is 12.7 Å². The Hall–Kier alpha value is -1.79. The van der Waals surface area contributed by atoms with Gasteiger partial charge in [-0.1, -0.05) is 6.07 Å². The van der Waals surface area contributed by atoms with Crippen molar-refractivity contribution in [2.24, 2.45) is 0 Å². The molecule has 1 aromatic heterocycles. The molecule has 108 valence electrons. The van der Waals surface area contributed by atoms with Crippen molar-refractivity contribution < 1.29 is 14.3 Å². The van der Waals surface area contributed by atoms with E-state index in [1.165, 1.54) is 6.08 Å². The van der Waals surface area contributed by atoms with Gasteiger partial charge < -0.3 is 14.8 Å². The zero-order valence-electron chi connectivity index (χ0n) is 11.0. The highest BCUT2D eigenvalue weighted by Crippen LogP contribution is 2.32. The molecule has 0 spiro atoms. The van der Waals surface area contributed by atoms with Gasteiger partial charge in [-0.3, -0.25) is 4.79 Å². The van der Waals surface area contributed by atoms with Crippen molar-refractivity contribution >= 4 is 39.2 Å². The lowest BCUT2D eigenvalue weighted by atomic mass is 10.2. The summed E-state index contributed by atoms with van der Waals surface area (Å²) in [5, 5.41) is 4.83. The minimum atomic E-state index is -0.128. The maximum Gasteiger partial charge on any atom is 0.244 e. The third-order valence-electron chi connectivity index (χ3n) is 2.88. The minimum Gasteiger partial charge on any atom is -0.454 e. The number of ether oxygens (including phenoxy) is 2. The standard InChI is InChI=1S/C15H12BrNO3S/c16-11-6-12(21-8-11)7-17-15(18)4-2-10-1-3-13-14(5-10)20-9-19-13/h1-6,8H,7,9H2,(H,17,18). The van der Waals surface area contributed by atoms with Crippen LogP contribution in [-0.2, 0) is 11.3 Å². The molecule has 3 rings (SSSR count). The average Bonchev–Trinajstić information content (AvgIpc) is 3.10. The first-order chi connectivity index (χ1) is 10.2. The lowest BCUT2D eigenvalue weighted by Gasteiger charge is -2.00. The second kappa shape index (κ2) is 6.32. The van der Waals surface area contributed by atoms with E-state index >= 15 is 0 Å². The summed E-state index contributed by atoms with van der Waals surface area (Å²) >= 11 is 4.99. The SMILES string of the molecule is O=C(C=Cc1ccc2c(c1)OCO2)NCc1cc(Br)cs1. The second-order valence-electron chi connectivity index (χ2n) is 4.40. The zero-order chi connectivity index (χ0) is 14.7. The molecule has 1 amide bonds. The molecule has 0 atom stereocenters. The maximum absolute atomic E-state index is 11.8. The fourth-order valence-electron chi connectivity index (χ4n) is 1.87. The summed E-state index contributed by atoms with van der Waals surface area (Å²) in [6.07, 6.45) is 3.27. The summed E-state index contributed by atoms with van der Waals surface area (Å²) in [6, 6.07) is 7.56. The van der Waals surface area contributed by atoms with Crippen LogP contribution in [-0.4, -0.2) is 12.7 Å². The lowest BCUT2D eigenvalue weighted by molar-refractivity contribution is -0.116. The van der Waals surface area contributed by atoms with Gasteiger partial charge in [0.25, 0.3) is 0 Å². The summed E-state index contributed by atoms with van der Waals surface area (Å²) in [5.74, 6) is 1.32. The largest absolute Gasteiger partial charge is 0.454 e. The molecule has 1 aromatic carbocycles. The van der Waals surface area contributed by atoms with E-state index in [2.05, 4.69) is 21.2 Å². The van der Waals surface area contributed by atoms with Crippen molar-refractivity contribution in [1.29, 1.82) is 0 Å². The Morgan fingerprint density at radius 3 is 3.00 bits per heavy atom. The smallest absolute Gasteiger partial charge is 0.244 e. The van der Waals surface area contributed by atoms with Gasteiger partial charge in [-0.15, -0.1) is 11.3 Å². The number of carbonyl (C=O) groups is 1. The lowest BCUT2D eigenvalue weighted by Crippen LogP contribution is -2.19. The van der Waals surface area contributed by atoms with Gasteiger partial charge in [0.1, 0.15) is 0 Å². The predicted octanol–water partition coefficient (Wildman–Crippen LogP) is 3.57. The quantitative estimate of drug-likeness (QED) is 0.842. The number of hydrogen-bond acceptors (Lipinski definition) is 4. The number of rotatable bonds is 4. The van der Waals surface area contributed by atoms with Crippen molar-refractivity contribution in [1.82, 2.24) is 5.32 Å². The van der Waals surface area contributed by atoms with E-state index in [0.29, 0.717) is 12.3 Å². The highest BCUT2D eigenvalue weighted by atomic mass is 79.9. The van der Waals surface area contributed by atoms with E-state index in [1.807, 2.05) is 29.6 Å². The third kappa shape index (κ3) is 3.65. The van der Waals surface area contributed by atoms with Gasteiger partial charge in [-0.05, 0) is 45.8 Å². The first-order valence-corrected chi connectivity index (χ1v) is 7.96. The number of carbonyl (C=O) groups excluding carboxylic acids is 1. The highest BCUT2D eigenvalue weighted by Gasteiger charge is 2.12. The van der Waals surface area contributed by atoms with Crippen LogP contribution in [0.25, 0.3) is 6.08 Å². The molecule has 2 aromatic rings. The molecule has 4 nitrogen and oxygen atoms in total. The number of nitrogens with one attached hydrogen (secondary N) is 1. The molecule has 0 radical (unpaired) electrons. The number of benzene rings is 1. The van der Waals surface area contributed by atoms with Crippen molar-refractivity contribution in [3.8, 4) is 11.5 Å². The fourth-order valence-corrected chi connectivity index (χ4v) is 3.26. The van der Waals surface area contributed by atoms with Gasteiger partial charge in [-0.2, -0.15) is 0 Å². The Kier molecular flexibility index (Phi) is 4.26. The van der Waals surface area contributed by atoms with Crippen LogP contribution in [0.4, 0.5) is 0 Å². The van der Waals surface area contributed by atoms with E-state index in [1.54, 1.807) is 17.4 Å². The van der Waals surface area contributed by atoms with Crippen LogP contribution in [0.3, 0.4) is 0 Å². The molecule has 1 aliphatic heterocycles. The van der Waals surface area contributed by atoms with Crippen molar-refractivity contribution in [2.45, 2.75) is 6.54 Å². The summed E-state index contributed by atoms with van der Waals surface area (Å²) in [6.45, 7) is 0.778. The average molecular weight is 366 g/mol. The Morgan fingerprint density at radius 1 is 1.33 bits per heavy atom. The van der Waals surface area contributed by atoms with Crippen LogP contribution < -0.4 is 14.8 Å². The Morgan fingerprint density at radius 2 is 2.19 bits per heavy atom. The van der Waals surface area contributed by atoms with Crippen LogP contribution in [0.1, 0.15) is 10.4 Å². The third-order valence-corrected chi connectivity index (χ3v) is 4.58. The molecule has 0 bridgehead atoms. The highest BCUT2D eigenvalue weighted by molar-refractivity contribution is 9.10. The maximum atomic E-state index is 11.8. The summed E-state index contributed by atoms with van der Waals surface area (Å²) in [5.41, 5.74) is 0.897. The van der Waals surface area contributed by atoms with Crippen LogP contribution in [0, 0.1) is 0 Å². The Labute approximate surface area is 134 Å². The van der Waals surface area contributed by atoms with Crippen LogP contribution >= 0.6 is 27.3 Å². The van der Waals surface area contributed by atoms with Crippen LogP contribution in [0.2, 0.25) is 0 Å². The molecule has 2 heterocycles. The van der Waals surface area contributed by atoms with E-state index in [4.69, 9.17) is 9.47 Å². The normalized spacial score (nSPS) is 12.8. The first kappa shape index (κ1) is 14.2. The molecule has 1 N–H and O–H groups in total. The van der Waals surface area contributed by atoms with Crippen molar-refractivity contribution in [2.75, 3.05) is 6.79 Å². The van der Waals surface area contributed by atoms with E-state index < -0.39 is 0 Å². The van der Waals surface area contributed by atoms with E-state index in [9.17, 15) is 4.79 Å². The molecular weight excluding hydrogens is 354 g/mol. The number of amides is 1. The minimum absolute atomic E-state index is 0.128. The van der Waals surface area contributed by atoms with Gasteiger partial charge in [0, 0.05) is 20.8 Å². The predicted molar refractivity (Wildman–Crippen MR) is 85.5 cm³/mol. The summed E-state index contributed by atoms with van der Waals surface area (Å²) < 4.78 is 11.6. The number of fused-ring (bicyclic) bond motifs is 1. The molecule has 1 aliphatic rings. The molecule has 0 saturated heterocycles. The number of halogens is 1. The van der Waals surface area contributed by atoms with Crippen LogP contribution in [0.15, 0.2) is 40.2 Å². The van der Waals surface area contributed by atoms with Gasteiger partial charge in [0.15, 0.2) is 11.5 Å². The molecule has 0 unspecified atom stereocenters. The molecule has 0 saturated carbocycles. The van der Waals surface area contributed by atoms with Crippen LogP contribution in [0.5, 0.6) is 11.5 Å². The Bertz CT molecular complexity index is 696. The van der Waals surface area contributed by atoms with Gasteiger partial charge in [0.05, 0.1) is 6.54 Å². The topological polar surface area (TPSA) is 47.6 Å². The molecular formula is C15H12BrNO3S. The summed E-state index contributed by atoms with van der Waals surface area (Å²) in [7, 11) is 0. The number of thiophene rings is 1. The van der Waals surface area contributed by atoms with E-state index in [0.717, 1.165) is 20.7 Å². The van der Waals surface area contributed by atoms with Crippen molar-refractivity contribution in [3.05, 3.63) is 50.6 Å². The summed E-state index contributed by atoms with van der Waals surface area (Å²) in [4.78, 5) is 12.9. The number of hydrogen-bond donors (Lipinski definition) is 1. The Balaban J connectivity index is 1.56. The molecule has 21 heavy (non-hydrogen) atoms. The van der Waals surface area contributed by atoms with Gasteiger partial charge in [-0.25, -0.2) is 0 Å². The first-order valence-electron chi connectivity index (χ1n) is 6.29. The molecule has 6 heteroatoms. The van der Waals surface area contributed by atoms with E-state index in [-0.39, 0.29) is 12.7 Å². The molecule has 0 fully saturated rings. The zero-order valence-corrected chi connectivity index (χ0v) is 13.4. The second-order valence-corrected chi connectivity index (χ2v) is 6.31. The van der Waals surface area contributed by atoms with Crippen molar-refractivity contribution in [3.63, 3.8) is 0 Å². The monoisotopic (exact) mass is 365 g/mol. The molecule has 0 aliphatic carbocycles.